The molecule has 0 aliphatic heterocycles. The smallest absolute Gasteiger partial charge is 0.0610 e. The third kappa shape index (κ3) is 2.62. The first-order valence-corrected chi connectivity index (χ1v) is 7.42. The van der Waals surface area contributed by atoms with Crippen LogP contribution in [-0.2, 0) is 0 Å². The summed E-state index contributed by atoms with van der Waals surface area (Å²) in [6, 6.07) is 13.7. The van der Waals surface area contributed by atoms with E-state index in [1.165, 1.54) is 0 Å². The highest BCUT2D eigenvalue weighted by Gasteiger charge is 2.20. The van der Waals surface area contributed by atoms with Gasteiger partial charge in [0.15, 0.2) is 0 Å². The van der Waals surface area contributed by atoms with Crippen molar-refractivity contribution in [1.82, 2.24) is 10.3 Å². The number of aromatic nitrogens is 1. The summed E-state index contributed by atoms with van der Waals surface area (Å²) in [6.07, 6.45) is 3.67. The van der Waals surface area contributed by atoms with Crippen molar-refractivity contribution in [2.45, 2.75) is 6.04 Å². The van der Waals surface area contributed by atoms with E-state index < -0.39 is 0 Å². The third-order valence-electron chi connectivity index (χ3n) is 3.61. The van der Waals surface area contributed by atoms with Crippen molar-refractivity contribution in [2.24, 2.45) is 0 Å². The fourth-order valence-electron chi connectivity index (χ4n) is 2.63. The van der Waals surface area contributed by atoms with Gasteiger partial charge in [0, 0.05) is 33.4 Å². The molecule has 1 heterocycles. The van der Waals surface area contributed by atoms with Crippen LogP contribution in [0.25, 0.3) is 10.8 Å². The number of nitrogens with zero attached hydrogens (tertiary/aromatic N) is 1. The van der Waals surface area contributed by atoms with E-state index in [0.717, 1.165) is 21.9 Å². The Balaban J connectivity index is 2.24. The van der Waals surface area contributed by atoms with Gasteiger partial charge in [0.05, 0.1) is 6.04 Å². The number of hydrogen-bond donors (Lipinski definition) is 1. The number of fused-ring (bicyclic) bond motifs is 1. The first kappa shape index (κ1) is 14.3. The highest BCUT2D eigenvalue weighted by atomic mass is 35.5. The molecular formula is C17H14Cl2N2. The molecule has 0 amide bonds. The summed E-state index contributed by atoms with van der Waals surface area (Å²) in [7, 11) is 1.90. The lowest BCUT2D eigenvalue weighted by atomic mass is 9.94. The number of nitrogens with one attached hydrogen (secondary N) is 1. The second-order valence-electron chi connectivity index (χ2n) is 4.80. The third-order valence-corrected chi connectivity index (χ3v) is 4.26. The largest absolute Gasteiger partial charge is 0.309 e. The Labute approximate surface area is 133 Å². The second kappa shape index (κ2) is 6.02. The maximum atomic E-state index is 6.36. The van der Waals surface area contributed by atoms with Crippen molar-refractivity contribution in [3.05, 3.63) is 76.0 Å². The molecule has 0 bridgehead atoms. The molecule has 3 rings (SSSR count). The summed E-state index contributed by atoms with van der Waals surface area (Å²) in [4.78, 5) is 4.23. The quantitative estimate of drug-likeness (QED) is 0.747. The number of rotatable bonds is 3. The Morgan fingerprint density at radius 2 is 1.71 bits per heavy atom. The van der Waals surface area contributed by atoms with Crippen molar-refractivity contribution in [3.63, 3.8) is 0 Å². The second-order valence-corrected chi connectivity index (χ2v) is 5.62. The molecule has 0 radical (unpaired) electrons. The van der Waals surface area contributed by atoms with Crippen LogP contribution in [-0.4, -0.2) is 12.0 Å². The molecule has 0 saturated carbocycles. The first-order chi connectivity index (χ1) is 10.2. The zero-order chi connectivity index (χ0) is 14.8. The Morgan fingerprint density at radius 3 is 2.43 bits per heavy atom. The lowest BCUT2D eigenvalue weighted by Gasteiger charge is -2.21. The first-order valence-electron chi connectivity index (χ1n) is 6.66. The minimum absolute atomic E-state index is 0.0842. The van der Waals surface area contributed by atoms with Crippen molar-refractivity contribution in [2.75, 3.05) is 7.05 Å². The fraction of sp³-hybridized carbons (Fsp3) is 0.118. The summed E-state index contributed by atoms with van der Waals surface area (Å²) in [6.45, 7) is 0. The van der Waals surface area contributed by atoms with E-state index in [1.54, 1.807) is 6.20 Å². The van der Waals surface area contributed by atoms with Crippen LogP contribution in [0.1, 0.15) is 17.2 Å². The molecule has 106 valence electrons. The summed E-state index contributed by atoms with van der Waals surface area (Å²) >= 11 is 12.7. The predicted octanol–water partition coefficient (Wildman–Crippen LogP) is 4.85. The number of hydrogen-bond acceptors (Lipinski definition) is 2. The minimum atomic E-state index is -0.0842. The van der Waals surface area contributed by atoms with Crippen LogP contribution in [0.15, 0.2) is 54.9 Å². The molecular weight excluding hydrogens is 303 g/mol. The van der Waals surface area contributed by atoms with Crippen molar-refractivity contribution in [1.29, 1.82) is 0 Å². The summed E-state index contributed by atoms with van der Waals surface area (Å²) in [5.74, 6) is 0. The van der Waals surface area contributed by atoms with Gasteiger partial charge in [-0.25, -0.2) is 0 Å². The van der Waals surface area contributed by atoms with Crippen LogP contribution < -0.4 is 5.32 Å². The molecule has 0 fully saturated rings. The Kier molecular flexibility index (Phi) is 4.11. The SMILES string of the molecule is CNC(c1c(Cl)cccc1Cl)c1cccc2ccncc12. The molecule has 21 heavy (non-hydrogen) atoms. The van der Waals surface area contributed by atoms with Crippen molar-refractivity contribution < 1.29 is 0 Å². The van der Waals surface area contributed by atoms with Gasteiger partial charge in [0.25, 0.3) is 0 Å². The average molecular weight is 317 g/mol. The van der Waals surface area contributed by atoms with Crippen LogP contribution in [0.3, 0.4) is 0 Å². The van der Waals surface area contributed by atoms with Gasteiger partial charge in [-0.05, 0) is 36.2 Å². The van der Waals surface area contributed by atoms with Crippen LogP contribution >= 0.6 is 23.2 Å². The van der Waals surface area contributed by atoms with Gasteiger partial charge in [-0.15, -0.1) is 0 Å². The normalized spacial score (nSPS) is 12.5. The fourth-order valence-corrected chi connectivity index (χ4v) is 3.25. The molecule has 2 nitrogen and oxygen atoms in total. The maximum absolute atomic E-state index is 6.36. The molecule has 0 aliphatic carbocycles. The van der Waals surface area contributed by atoms with Gasteiger partial charge in [-0.3, -0.25) is 4.98 Å². The highest BCUT2D eigenvalue weighted by Crippen LogP contribution is 2.36. The Bertz CT molecular complexity index is 761. The Morgan fingerprint density at radius 1 is 1.00 bits per heavy atom. The van der Waals surface area contributed by atoms with Gasteiger partial charge >= 0.3 is 0 Å². The predicted molar refractivity (Wildman–Crippen MR) is 89.1 cm³/mol. The Hall–Kier alpha value is -1.61. The van der Waals surface area contributed by atoms with Crippen LogP contribution in [0.5, 0.6) is 0 Å². The number of pyridine rings is 1. The summed E-state index contributed by atoms with van der Waals surface area (Å²) in [5.41, 5.74) is 2.00. The number of halogens is 2. The van der Waals surface area contributed by atoms with Gasteiger partial charge in [0.2, 0.25) is 0 Å². The maximum Gasteiger partial charge on any atom is 0.0610 e. The lowest BCUT2D eigenvalue weighted by molar-refractivity contribution is 0.697. The van der Waals surface area contributed by atoms with Crippen LogP contribution in [0, 0.1) is 0 Å². The van der Waals surface area contributed by atoms with Crippen molar-refractivity contribution in [3.8, 4) is 0 Å². The van der Waals surface area contributed by atoms with Crippen LogP contribution in [0.4, 0.5) is 0 Å². The lowest BCUT2D eigenvalue weighted by Crippen LogP contribution is -2.19. The monoisotopic (exact) mass is 316 g/mol. The zero-order valence-electron chi connectivity index (χ0n) is 11.5. The molecule has 0 spiro atoms. The molecule has 1 unspecified atom stereocenters. The van der Waals surface area contributed by atoms with E-state index in [4.69, 9.17) is 23.2 Å². The molecule has 4 heteroatoms. The molecule has 3 aromatic rings. The molecule has 2 aromatic carbocycles. The van der Waals surface area contributed by atoms with E-state index in [0.29, 0.717) is 10.0 Å². The van der Waals surface area contributed by atoms with Gasteiger partial charge in [-0.1, -0.05) is 47.5 Å². The average Bonchev–Trinajstić information content (AvgIpc) is 2.51. The van der Waals surface area contributed by atoms with Crippen LogP contribution in [0.2, 0.25) is 10.0 Å². The number of benzene rings is 2. The standard InChI is InChI=1S/C17H14Cl2N2/c1-20-17(16-14(18)6-3-7-15(16)19)12-5-2-4-11-8-9-21-10-13(11)12/h2-10,17,20H,1H3. The van der Waals surface area contributed by atoms with E-state index >= 15 is 0 Å². The van der Waals surface area contributed by atoms with Gasteiger partial charge in [0.1, 0.15) is 0 Å². The minimum Gasteiger partial charge on any atom is -0.309 e. The summed E-state index contributed by atoms with van der Waals surface area (Å²) in [5, 5.41) is 6.86. The highest BCUT2D eigenvalue weighted by molar-refractivity contribution is 6.36. The molecule has 0 saturated heterocycles. The van der Waals surface area contributed by atoms with Gasteiger partial charge < -0.3 is 5.32 Å². The van der Waals surface area contributed by atoms with E-state index in [-0.39, 0.29) is 6.04 Å². The van der Waals surface area contributed by atoms with E-state index in [9.17, 15) is 0 Å². The van der Waals surface area contributed by atoms with E-state index in [1.807, 2.05) is 43.6 Å². The summed E-state index contributed by atoms with van der Waals surface area (Å²) < 4.78 is 0. The van der Waals surface area contributed by atoms with E-state index in [2.05, 4.69) is 22.4 Å². The zero-order valence-corrected chi connectivity index (χ0v) is 13.0. The molecule has 1 atom stereocenters. The molecule has 1 aromatic heterocycles. The van der Waals surface area contributed by atoms with Crippen molar-refractivity contribution >= 4 is 34.0 Å². The molecule has 1 N–H and O–H groups in total. The molecule has 0 aliphatic rings. The van der Waals surface area contributed by atoms with Gasteiger partial charge in [-0.2, -0.15) is 0 Å². The topological polar surface area (TPSA) is 24.9 Å².